The topological polar surface area (TPSA) is 98.2 Å². The molecule has 0 aliphatic rings. The molecule has 0 saturated heterocycles. The first-order valence-electron chi connectivity index (χ1n) is 5.73. The van der Waals surface area contributed by atoms with E-state index in [1.165, 1.54) is 18.2 Å². The second-order valence-electron chi connectivity index (χ2n) is 4.37. The average Bonchev–Trinajstić information content (AvgIpc) is 2.35. The number of nitrogens with one attached hydrogen (secondary N) is 1. The van der Waals surface area contributed by atoms with Crippen molar-refractivity contribution < 1.29 is 12.8 Å². The number of rotatable bonds is 3. The number of anilines is 3. The second-order valence-corrected chi connectivity index (χ2v) is 5.90. The lowest BCUT2D eigenvalue weighted by molar-refractivity contribution is 0.598. The van der Waals surface area contributed by atoms with Crippen LogP contribution in [0.2, 0.25) is 0 Å². The SMILES string of the molecule is Cc1ccc(F)c(Nc2cccc(S(N)(=O)=O)c2N)c1. The molecule has 0 aliphatic heterocycles. The van der Waals surface area contributed by atoms with Crippen molar-refractivity contribution in [3.8, 4) is 0 Å². The molecule has 0 aliphatic carbocycles. The van der Waals surface area contributed by atoms with E-state index >= 15 is 0 Å². The van der Waals surface area contributed by atoms with Crippen LogP contribution in [0.4, 0.5) is 21.5 Å². The highest BCUT2D eigenvalue weighted by Crippen LogP contribution is 2.29. The lowest BCUT2D eigenvalue weighted by atomic mass is 10.2. The molecule has 5 N–H and O–H groups in total. The maximum absolute atomic E-state index is 13.7. The third-order valence-electron chi connectivity index (χ3n) is 2.76. The van der Waals surface area contributed by atoms with Gasteiger partial charge in [-0.15, -0.1) is 0 Å². The Bertz CT molecular complexity index is 760. The van der Waals surface area contributed by atoms with Crippen LogP contribution >= 0.6 is 0 Å². The summed E-state index contributed by atoms with van der Waals surface area (Å²) < 4.78 is 36.4. The van der Waals surface area contributed by atoms with Crippen LogP contribution in [0.5, 0.6) is 0 Å². The van der Waals surface area contributed by atoms with E-state index in [0.717, 1.165) is 5.56 Å². The van der Waals surface area contributed by atoms with Gasteiger partial charge in [-0.05, 0) is 36.8 Å². The van der Waals surface area contributed by atoms with Crippen molar-refractivity contribution >= 4 is 27.1 Å². The number of nitrogen functional groups attached to an aromatic ring is 1. The number of primary sulfonamides is 1. The van der Waals surface area contributed by atoms with E-state index in [1.54, 1.807) is 18.2 Å². The monoisotopic (exact) mass is 295 g/mol. The summed E-state index contributed by atoms with van der Waals surface area (Å²) >= 11 is 0. The Morgan fingerprint density at radius 1 is 1.15 bits per heavy atom. The average molecular weight is 295 g/mol. The molecule has 5 nitrogen and oxygen atoms in total. The second kappa shape index (κ2) is 5.10. The quantitative estimate of drug-likeness (QED) is 0.755. The largest absolute Gasteiger partial charge is 0.396 e. The van der Waals surface area contributed by atoms with Crippen LogP contribution in [0.15, 0.2) is 41.3 Å². The van der Waals surface area contributed by atoms with E-state index in [1.807, 2.05) is 6.92 Å². The van der Waals surface area contributed by atoms with Gasteiger partial charge in [-0.25, -0.2) is 17.9 Å². The van der Waals surface area contributed by atoms with E-state index in [0.29, 0.717) is 0 Å². The molecule has 2 rings (SSSR count). The van der Waals surface area contributed by atoms with Crippen molar-refractivity contribution in [1.29, 1.82) is 0 Å². The molecule has 2 aromatic rings. The number of benzene rings is 2. The third-order valence-corrected chi connectivity index (χ3v) is 3.73. The van der Waals surface area contributed by atoms with Gasteiger partial charge in [0.2, 0.25) is 10.0 Å². The van der Waals surface area contributed by atoms with Crippen LogP contribution in [0.3, 0.4) is 0 Å². The number of sulfonamides is 1. The summed E-state index contributed by atoms with van der Waals surface area (Å²) in [6.45, 7) is 1.81. The number of halogens is 1. The van der Waals surface area contributed by atoms with Gasteiger partial charge in [0, 0.05) is 0 Å². The zero-order valence-electron chi connectivity index (χ0n) is 10.7. The minimum absolute atomic E-state index is 0.0455. The Morgan fingerprint density at radius 2 is 1.85 bits per heavy atom. The fourth-order valence-corrected chi connectivity index (χ4v) is 2.47. The molecular weight excluding hydrogens is 281 g/mol. The number of hydrogen-bond donors (Lipinski definition) is 3. The van der Waals surface area contributed by atoms with Gasteiger partial charge in [0.05, 0.1) is 17.1 Å². The summed E-state index contributed by atoms with van der Waals surface area (Å²) in [5.41, 5.74) is 7.06. The van der Waals surface area contributed by atoms with Crippen molar-refractivity contribution in [1.82, 2.24) is 0 Å². The zero-order chi connectivity index (χ0) is 14.9. The Balaban J connectivity index is 2.47. The summed E-state index contributed by atoms with van der Waals surface area (Å²) in [5.74, 6) is -0.462. The molecule has 2 aromatic carbocycles. The molecule has 0 bridgehead atoms. The molecule has 0 amide bonds. The standard InChI is InChI=1S/C13H14FN3O2S/c1-8-5-6-9(14)11(7-8)17-10-3-2-4-12(13(10)15)20(16,18)19/h2-7,17H,15H2,1H3,(H2,16,18,19). The van der Waals surface area contributed by atoms with E-state index in [4.69, 9.17) is 10.9 Å². The van der Waals surface area contributed by atoms with E-state index in [2.05, 4.69) is 5.32 Å². The van der Waals surface area contributed by atoms with Gasteiger partial charge in [-0.2, -0.15) is 0 Å². The van der Waals surface area contributed by atoms with Crippen molar-refractivity contribution in [3.63, 3.8) is 0 Å². The summed E-state index contributed by atoms with van der Waals surface area (Å²) in [7, 11) is -3.93. The highest BCUT2D eigenvalue weighted by Gasteiger charge is 2.15. The minimum atomic E-state index is -3.93. The maximum Gasteiger partial charge on any atom is 0.240 e. The zero-order valence-corrected chi connectivity index (χ0v) is 11.5. The van der Waals surface area contributed by atoms with Gasteiger partial charge >= 0.3 is 0 Å². The molecule has 0 fully saturated rings. The van der Waals surface area contributed by atoms with E-state index < -0.39 is 15.8 Å². The number of aryl methyl sites for hydroxylation is 1. The fourth-order valence-electron chi connectivity index (χ4n) is 1.78. The van der Waals surface area contributed by atoms with Crippen molar-refractivity contribution in [3.05, 3.63) is 47.8 Å². The molecule has 7 heteroatoms. The van der Waals surface area contributed by atoms with Crippen molar-refractivity contribution in [2.75, 3.05) is 11.1 Å². The molecule has 0 aromatic heterocycles. The van der Waals surface area contributed by atoms with Crippen LogP contribution in [-0.4, -0.2) is 8.42 Å². The van der Waals surface area contributed by atoms with Crippen LogP contribution in [-0.2, 0) is 10.0 Å². The smallest absolute Gasteiger partial charge is 0.240 e. The highest BCUT2D eigenvalue weighted by atomic mass is 32.2. The Kier molecular flexibility index (Phi) is 3.65. The molecule has 20 heavy (non-hydrogen) atoms. The van der Waals surface area contributed by atoms with E-state index in [-0.39, 0.29) is 22.0 Å². The van der Waals surface area contributed by atoms with Crippen LogP contribution in [0, 0.1) is 12.7 Å². The fraction of sp³-hybridized carbons (Fsp3) is 0.0769. The predicted molar refractivity (Wildman–Crippen MR) is 76.6 cm³/mol. The number of hydrogen-bond acceptors (Lipinski definition) is 4. The first-order valence-corrected chi connectivity index (χ1v) is 7.28. The van der Waals surface area contributed by atoms with Crippen molar-refractivity contribution in [2.45, 2.75) is 11.8 Å². The molecule has 0 atom stereocenters. The van der Waals surface area contributed by atoms with Gasteiger partial charge in [-0.3, -0.25) is 0 Å². The molecule has 0 unspecified atom stereocenters. The van der Waals surface area contributed by atoms with Gasteiger partial charge < -0.3 is 11.1 Å². The molecule has 0 saturated carbocycles. The molecule has 106 valence electrons. The molecular formula is C13H14FN3O2S. The lowest BCUT2D eigenvalue weighted by Gasteiger charge is -2.13. The van der Waals surface area contributed by atoms with E-state index in [9.17, 15) is 12.8 Å². The van der Waals surface area contributed by atoms with Crippen LogP contribution < -0.4 is 16.2 Å². The minimum Gasteiger partial charge on any atom is -0.396 e. The number of para-hydroxylation sites is 1. The summed E-state index contributed by atoms with van der Waals surface area (Å²) in [4.78, 5) is -0.199. The maximum atomic E-state index is 13.7. The Labute approximate surface area is 116 Å². The van der Waals surface area contributed by atoms with Gasteiger partial charge in [0.25, 0.3) is 0 Å². The molecule has 0 heterocycles. The summed E-state index contributed by atoms with van der Waals surface area (Å²) in [5, 5.41) is 7.84. The normalized spacial score (nSPS) is 11.3. The Morgan fingerprint density at radius 3 is 2.50 bits per heavy atom. The first-order chi connectivity index (χ1) is 9.29. The third kappa shape index (κ3) is 2.89. The lowest BCUT2D eigenvalue weighted by Crippen LogP contribution is -2.15. The predicted octanol–water partition coefficient (Wildman–Crippen LogP) is 2.11. The van der Waals surface area contributed by atoms with Crippen LogP contribution in [0.25, 0.3) is 0 Å². The number of nitrogens with two attached hydrogens (primary N) is 2. The Hall–Kier alpha value is -2.12. The summed E-state index contributed by atoms with van der Waals surface area (Å²) in [6.07, 6.45) is 0. The van der Waals surface area contributed by atoms with Gasteiger partial charge in [0.15, 0.2) is 0 Å². The van der Waals surface area contributed by atoms with Crippen molar-refractivity contribution in [2.24, 2.45) is 5.14 Å². The summed E-state index contributed by atoms with van der Waals surface area (Å²) in [6, 6.07) is 8.86. The first kappa shape index (κ1) is 14.3. The van der Waals surface area contributed by atoms with Gasteiger partial charge in [0.1, 0.15) is 10.7 Å². The van der Waals surface area contributed by atoms with Crippen LogP contribution in [0.1, 0.15) is 5.56 Å². The molecule has 0 radical (unpaired) electrons. The molecule has 0 spiro atoms. The van der Waals surface area contributed by atoms with Gasteiger partial charge in [-0.1, -0.05) is 12.1 Å². The highest BCUT2D eigenvalue weighted by molar-refractivity contribution is 7.89.